The minimum atomic E-state index is -1.04. The maximum absolute atomic E-state index is 12.5. The zero-order valence-corrected chi connectivity index (χ0v) is 12.8. The Morgan fingerprint density at radius 1 is 1.04 bits per heavy atom. The average molecular weight is 311 g/mol. The van der Waals surface area contributed by atoms with E-state index >= 15 is 0 Å². The molecule has 1 heterocycles. The van der Waals surface area contributed by atoms with E-state index in [4.69, 9.17) is 4.74 Å². The van der Waals surface area contributed by atoms with Gasteiger partial charge in [-0.25, -0.2) is 4.79 Å². The SMILES string of the molecule is CC(C)(Oc1ccccc1)C(=O)Nc1ccc2[nH]c(=O)[nH]c2c1. The van der Waals surface area contributed by atoms with E-state index in [0.717, 1.165) is 0 Å². The van der Waals surface area contributed by atoms with E-state index in [1.54, 1.807) is 44.2 Å². The number of fused-ring (bicyclic) bond motifs is 1. The van der Waals surface area contributed by atoms with E-state index in [1.807, 2.05) is 18.2 Å². The second-order valence-electron chi connectivity index (χ2n) is 5.72. The number of benzene rings is 2. The first-order valence-corrected chi connectivity index (χ1v) is 7.22. The van der Waals surface area contributed by atoms with Crippen LogP contribution in [0.15, 0.2) is 53.3 Å². The number of carbonyl (C=O) groups excluding carboxylic acids is 1. The summed E-state index contributed by atoms with van der Waals surface area (Å²) in [5, 5.41) is 2.80. The fourth-order valence-electron chi connectivity index (χ4n) is 2.22. The Bertz CT molecular complexity index is 894. The van der Waals surface area contributed by atoms with Crippen LogP contribution in [-0.2, 0) is 4.79 Å². The molecule has 0 fully saturated rings. The van der Waals surface area contributed by atoms with Gasteiger partial charge in [-0.1, -0.05) is 18.2 Å². The lowest BCUT2D eigenvalue weighted by atomic mass is 10.1. The first kappa shape index (κ1) is 14.9. The van der Waals surface area contributed by atoms with Crippen molar-refractivity contribution in [3.05, 3.63) is 59.0 Å². The van der Waals surface area contributed by atoms with Gasteiger partial charge in [-0.3, -0.25) is 4.79 Å². The van der Waals surface area contributed by atoms with Crippen molar-refractivity contribution in [3.63, 3.8) is 0 Å². The number of anilines is 1. The van der Waals surface area contributed by atoms with Gasteiger partial charge in [-0.05, 0) is 44.2 Å². The zero-order chi connectivity index (χ0) is 16.4. The molecule has 0 aliphatic rings. The van der Waals surface area contributed by atoms with Gasteiger partial charge < -0.3 is 20.0 Å². The second-order valence-corrected chi connectivity index (χ2v) is 5.72. The van der Waals surface area contributed by atoms with Gasteiger partial charge in [0.1, 0.15) is 5.75 Å². The molecule has 0 radical (unpaired) electrons. The van der Waals surface area contributed by atoms with Crippen LogP contribution in [0.25, 0.3) is 11.0 Å². The summed E-state index contributed by atoms with van der Waals surface area (Å²) in [6, 6.07) is 14.3. The van der Waals surface area contributed by atoms with Gasteiger partial charge in [-0.2, -0.15) is 0 Å². The largest absolute Gasteiger partial charge is 0.478 e. The quantitative estimate of drug-likeness (QED) is 0.692. The van der Waals surface area contributed by atoms with Gasteiger partial charge in [0, 0.05) is 5.69 Å². The molecular weight excluding hydrogens is 294 g/mol. The lowest BCUT2D eigenvalue weighted by Crippen LogP contribution is -2.42. The molecule has 0 spiro atoms. The first-order chi connectivity index (χ1) is 10.9. The Kier molecular flexibility index (Phi) is 3.65. The maximum Gasteiger partial charge on any atom is 0.323 e. The first-order valence-electron chi connectivity index (χ1n) is 7.22. The van der Waals surface area contributed by atoms with Gasteiger partial charge in [0.05, 0.1) is 11.0 Å². The molecule has 0 saturated carbocycles. The Balaban J connectivity index is 1.77. The highest BCUT2D eigenvalue weighted by atomic mass is 16.5. The fourth-order valence-corrected chi connectivity index (χ4v) is 2.22. The number of ether oxygens (including phenoxy) is 1. The van der Waals surface area contributed by atoms with Crippen LogP contribution in [0.3, 0.4) is 0 Å². The van der Waals surface area contributed by atoms with Gasteiger partial charge >= 0.3 is 5.69 Å². The fraction of sp³-hybridized carbons (Fsp3) is 0.176. The molecule has 6 heteroatoms. The van der Waals surface area contributed by atoms with Gasteiger partial charge in [0.15, 0.2) is 5.60 Å². The number of H-pyrrole nitrogens is 2. The highest BCUT2D eigenvalue weighted by molar-refractivity contribution is 5.98. The van der Waals surface area contributed by atoms with Crippen LogP contribution in [0.5, 0.6) is 5.75 Å². The third-order valence-corrected chi connectivity index (χ3v) is 3.44. The third-order valence-electron chi connectivity index (χ3n) is 3.44. The van der Waals surface area contributed by atoms with Gasteiger partial charge in [0.2, 0.25) is 0 Å². The van der Waals surface area contributed by atoms with Crippen LogP contribution in [0.4, 0.5) is 5.69 Å². The molecule has 0 saturated heterocycles. The van der Waals surface area contributed by atoms with Crippen molar-refractivity contribution in [2.24, 2.45) is 0 Å². The second kappa shape index (κ2) is 5.64. The number of hydrogen-bond acceptors (Lipinski definition) is 3. The number of rotatable bonds is 4. The molecule has 23 heavy (non-hydrogen) atoms. The summed E-state index contributed by atoms with van der Waals surface area (Å²) in [4.78, 5) is 29.0. The number of amides is 1. The standard InChI is InChI=1S/C17H17N3O3/c1-17(2,23-12-6-4-3-5-7-12)15(21)18-11-8-9-13-14(10-11)20-16(22)19-13/h3-10H,1-2H3,(H,18,21)(H2,19,20,22). The van der Waals surface area contributed by atoms with Crippen molar-refractivity contribution < 1.29 is 9.53 Å². The van der Waals surface area contributed by atoms with Crippen molar-refractivity contribution in [1.82, 2.24) is 9.97 Å². The summed E-state index contributed by atoms with van der Waals surface area (Å²) in [5.74, 6) is 0.344. The average Bonchev–Trinajstić information content (AvgIpc) is 2.87. The molecule has 0 aliphatic heterocycles. The topological polar surface area (TPSA) is 87.0 Å². The predicted molar refractivity (Wildman–Crippen MR) is 88.7 cm³/mol. The van der Waals surface area contributed by atoms with Crippen molar-refractivity contribution in [3.8, 4) is 5.75 Å². The van der Waals surface area contributed by atoms with Crippen molar-refractivity contribution in [1.29, 1.82) is 0 Å². The molecule has 1 amide bonds. The lowest BCUT2D eigenvalue weighted by Gasteiger charge is -2.25. The van der Waals surface area contributed by atoms with Gasteiger partial charge in [-0.15, -0.1) is 0 Å². The molecule has 0 atom stereocenters. The monoisotopic (exact) mass is 311 g/mol. The van der Waals surface area contributed by atoms with Crippen LogP contribution in [0.2, 0.25) is 0 Å². The van der Waals surface area contributed by atoms with Crippen molar-refractivity contribution in [2.45, 2.75) is 19.4 Å². The predicted octanol–water partition coefficient (Wildman–Crippen LogP) is 2.65. The van der Waals surface area contributed by atoms with Gasteiger partial charge in [0.25, 0.3) is 5.91 Å². The highest BCUT2D eigenvalue weighted by Gasteiger charge is 2.30. The zero-order valence-electron chi connectivity index (χ0n) is 12.8. The van der Waals surface area contributed by atoms with Crippen LogP contribution in [0.1, 0.15) is 13.8 Å². The number of imidazole rings is 1. The molecule has 3 N–H and O–H groups in total. The molecule has 3 aromatic rings. The lowest BCUT2D eigenvalue weighted by molar-refractivity contribution is -0.128. The van der Waals surface area contributed by atoms with Crippen LogP contribution in [0, 0.1) is 0 Å². The number of para-hydroxylation sites is 1. The molecule has 6 nitrogen and oxygen atoms in total. The Hall–Kier alpha value is -3.02. The third kappa shape index (κ3) is 3.26. The number of aromatic nitrogens is 2. The number of hydrogen-bond donors (Lipinski definition) is 3. The number of carbonyl (C=O) groups is 1. The summed E-state index contributed by atoms with van der Waals surface area (Å²) in [6.07, 6.45) is 0. The molecular formula is C17H17N3O3. The van der Waals surface area contributed by atoms with E-state index in [1.165, 1.54) is 0 Å². The van der Waals surface area contributed by atoms with Crippen LogP contribution in [-0.4, -0.2) is 21.5 Å². The summed E-state index contributed by atoms with van der Waals surface area (Å²) < 4.78 is 5.75. The van der Waals surface area contributed by atoms with Crippen molar-refractivity contribution in [2.75, 3.05) is 5.32 Å². The molecule has 3 rings (SSSR count). The molecule has 0 unspecified atom stereocenters. The molecule has 0 aliphatic carbocycles. The minimum Gasteiger partial charge on any atom is -0.478 e. The normalized spacial score (nSPS) is 11.4. The molecule has 2 aromatic carbocycles. The number of aromatic amines is 2. The minimum absolute atomic E-state index is 0.279. The smallest absolute Gasteiger partial charge is 0.323 e. The Morgan fingerprint density at radius 2 is 1.74 bits per heavy atom. The molecule has 0 bridgehead atoms. The number of nitrogens with one attached hydrogen (secondary N) is 3. The molecule has 118 valence electrons. The highest BCUT2D eigenvalue weighted by Crippen LogP contribution is 2.21. The van der Waals surface area contributed by atoms with E-state index in [9.17, 15) is 9.59 Å². The summed E-state index contributed by atoms with van der Waals surface area (Å²) in [6.45, 7) is 3.40. The Labute approximate surface area is 132 Å². The summed E-state index contributed by atoms with van der Waals surface area (Å²) in [7, 11) is 0. The van der Waals surface area contributed by atoms with E-state index < -0.39 is 5.60 Å². The molecule has 1 aromatic heterocycles. The van der Waals surface area contributed by atoms with Crippen molar-refractivity contribution >= 4 is 22.6 Å². The maximum atomic E-state index is 12.5. The van der Waals surface area contributed by atoms with Crippen LogP contribution >= 0.6 is 0 Å². The van der Waals surface area contributed by atoms with E-state index in [0.29, 0.717) is 22.5 Å². The van der Waals surface area contributed by atoms with E-state index in [-0.39, 0.29) is 11.6 Å². The van der Waals surface area contributed by atoms with Crippen LogP contribution < -0.4 is 15.7 Å². The summed E-state index contributed by atoms with van der Waals surface area (Å²) in [5.41, 5.74) is 0.586. The van der Waals surface area contributed by atoms with E-state index in [2.05, 4.69) is 15.3 Å². The Morgan fingerprint density at radius 3 is 2.48 bits per heavy atom. The summed E-state index contributed by atoms with van der Waals surface area (Å²) >= 11 is 0.